The van der Waals surface area contributed by atoms with Crippen LogP contribution in [0.4, 0.5) is 0 Å². The van der Waals surface area contributed by atoms with Crippen LogP contribution in [-0.2, 0) is 11.2 Å². The Morgan fingerprint density at radius 1 is 0.844 bits per heavy atom. The number of hydrogen-bond acceptors (Lipinski definition) is 5. The van der Waals surface area contributed by atoms with E-state index in [1.165, 1.54) is 5.56 Å². The van der Waals surface area contributed by atoms with Gasteiger partial charge in [-0.15, -0.1) is 0 Å². The number of hydrogen-bond donors (Lipinski definition) is 0. The van der Waals surface area contributed by atoms with Gasteiger partial charge in [0.2, 0.25) is 5.75 Å². The van der Waals surface area contributed by atoms with E-state index in [0.717, 1.165) is 35.8 Å². The molecule has 0 bridgehead atoms. The van der Waals surface area contributed by atoms with Crippen LogP contribution in [0.25, 0.3) is 0 Å². The third-order valence-electron chi connectivity index (χ3n) is 6.30. The topological polar surface area (TPSA) is 48.0 Å². The second-order valence-corrected chi connectivity index (χ2v) is 8.36. The van der Waals surface area contributed by atoms with Crippen molar-refractivity contribution < 1.29 is 19.0 Å². The molecule has 0 aliphatic rings. The molecule has 2 atom stereocenters. The number of carbonyl (C=O) groups is 1. The SMILES string of the molecule is CCC(c1ccccc1)N(C)C(CC)c1c(CC=O)c(C(C)C)c(OC)c(OC)c1OC. The van der Waals surface area contributed by atoms with Gasteiger partial charge in [-0.1, -0.05) is 58.0 Å². The van der Waals surface area contributed by atoms with Crippen molar-refractivity contribution in [3.63, 3.8) is 0 Å². The van der Waals surface area contributed by atoms with Crippen molar-refractivity contribution in [2.24, 2.45) is 0 Å². The maximum Gasteiger partial charge on any atom is 0.203 e. The van der Waals surface area contributed by atoms with Crippen LogP contribution in [-0.4, -0.2) is 39.6 Å². The quantitative estimate of drug-likeness (QED) is 0.372. The maximum absolute atomic E-state index is 11.8. The highest BCUT2D eigenvalue weighted by molar-refractivity contribution is 5.70. The van der Waals surface area contributed by atoms with Crippen molar-refractivity contribution in [2.45, 2.75) is 65.0 Å². The summed E-state index contributed by atoms with van der Waals surface area (Å²) in [5, 5.41) is 0. The van der Waals surface area contributed by atoms with Crippen molar-refractivity contribution in [3.05, 3.63) is 52.6 Å². The molecule has 0 radical (unpaired) electrons. The largest absolute Gasteiger partial charge is 0.492 e. The minimum Gasteiger partial charge on any atom is -0.492 e. The van der Waals surface area contributed by atoms with Crippen LogP contribution >= 0.6 is 0 Å². The van der Waals surface area contributed by atoms with Crippen LogP contribution in [0.2, 0.25) is 0 Å². The molecule has 2 aromatic rings. The van der Waals surface area contributed by atoms with Crippen LogP contribution in [0.5, 0.6) is 17.2 Å². The summed E-state index contributed by atoms with van der Waals surface area (Å²) in [4.78, 5) is 14.2. The van der Waals surface area contributed by atoms with Gasteiger partial charge in [0, 0.05) is 29.6 Å². The summed E-state index contributed by atoms with van der Waals surface area (Å²) in [7, 11) is 7.09. The molecule has 176 valence electrons. The van der Waals surface area contributed by atoms with Gasteiger partial charge in [-0.25, -0.2) is 0 Å². The normalized spacial score (nSPS) is 13.2. The van der Waals surface area contributed by atoms with Crippen molar-refractivity contribution in [2.75, 3.05) is 28.4 Å². The molecule has 32 heavy (non-hydrogen) atoms. The average molecular weight is 442 g/mol. The lowest BCUT2D eigenvalue weighted by Gasteiger charge is -2.37. The third kappa shape index (κ3) is 4.93. The van der Waals surface area contributed by atoms with E-state index in [4.69, 9.17) is 14.2 Å². The molecule has 5 heteroatoms. The smallest absolute Gasteiger partial charge is 0.203 e. The van der Waals surface area contributed by atoms with Crippen LogP contribution in [0, 0.1) is 0 Å². The number of methoxy groups -OCH3 is 3. The molecule has 2 aromatic carbocycles. The zero-order valence-electron chi connectivity index (χ0n) is 20.9. The molecule has 0 spiro atoms. The third-order valence-corrected chi connectivity index (χ3v) is 6.30. The zero-order valence-corrected chi connectivity index (χ0v) is 20.9. The predicted molar refractivity (Wildman–Crippen MR) is 130 cm³/mol. The Morgan fingerprint density at radius 2 is 1.38 bits per heavy atom. The Bertz CT molecular complexity index is 879. The van der Waals surface area contributed by atoms with E-state index in [1.54, 1.807) is 21.3 Å². The fraction of sp³-hybridized carbons (Fsp3) is 0.519. The van der Waals surface area contributed by atoms with E-state index >= 15 is 0 Å². The minimum atomic E-state index is 0.0300. The minimum absolute atomic E-state index is 0.0300. The van der Waals surface area contributed by atoms with Gasteiger partial charge in [-0.3, -0.25) is 4.90 Å². The second-order valence-electron chi connectivity index (χ2n) is 8.36. The molecule has 2 unspecified atom stereocenters. The number of nitrogens with zero attached hydrogens (tertiary/aromatic N) is 1. The number of aldehydes is 1. The summed E-state index contributed by atoms with van der Waals surface area (Å²) >= 11 is 0. The molecule has 0 saturated heterocycles. The summed E-state index contributed by atoms with van der Waals surface area (Å²) in [5.74, 6) is 2.03. The standard InChI is InChI=1S/C27H39NO4/c1-9-21(19-14-12-11-13-15-19)28(5)22(10-2)24-20(16-17-29)23(18(3)4)25(30-6)27(32-8)26(24)31-7/h11-15,17-18,21-22H,9-10,16H2,1-8H3. The van der Waals surface area contributed by atoms with Gasteiger partial charge in [0.05, 0.1) is 21.3 Å². The zero-order chi connectivity index (χ0) is 23.8. The van der Waals surface area contributed by atoms with E-state index in [2.05, 4.69) is 63.9 Å². The summed E-state index contributed by atoms with van der Waals surface area (Å²) in [6, 6.07) is 10.8. The van der Waals surface area contributed by atoms with E-state index in [-0.39, 0.29) is 18.0 Å². The van der Waals surface area contributed by atoms with Gasteiger partial charge < -0.3 is 19.0 Å². The van der Waals surface area contributed by atoms with E-state index < -0.39 is 0 Å². The first-order valence-electron chi connectivity index (χ1n) is 11.5. The highest BCUT2D eigenvalue weighted by atomic mass is 16.5. The first-order chi connectivity index (χ1) is 15.4. The Balaban J connectivity index is 2.84. The average Bonchev–Trinajstić information content (AvgIpc) is 2.80. The molecule has 2 rings (SSSR count). The Labute approximate surface area is 193 Å². The number of carbonyl (C=O) groups excluding carboxylic acids is 1. The molecular weight excluding hydrogens is 402 g/mol. The first kappa shape index (κ1) is 25.7. The van der Waals surface area contributed by atoms with Crippen LogP contribution in [0.15, 0.2) is 30.3 Å². The molecule has 0 heterocycles. The maximum atomic E-state index is 11.8. The fourth-order valence-electron chi connectivity index (χ4n) is 4.97. The van der Waals surface area contributed by atoms with Crippen LogP contribution in [0.1, 0.15) is 80.8 Å². The first-order valence-corrected chi connectivity index (χ1v) is 11.5. The highest BCUT2D eigenvalue weighted by Gasteiger charge is 2.34. The number of ether oxygens (including phenoxy) is 3. The van der Waals surface area contributed by atoms with Gasteiger partial charge in [-0.2, -0.15) is 0 Å². The highest BCUT2D eigenvalue weighted by Crippen LogP contribution is 2.52. The Hall–Kier alpha value is -2.53. The Kier molecular flexibility index (Phi) is 9.58. The number of benzene rings is 2. The van der Waals surface area contributed by atoms with Gasteiger partial charge in [-0.05, 0) is 36.9 Å². The molecule has 0 N–H and O–H groups in total. The molecule has 0 aliphatic carbocycles. The second kappa shape index (κ2) is 11.9. The summed E-state index contributed by atoms with van der Waals surface area (Å²) in [5.41, 5.74) is 4.27. The summed E-state index contributed by atoms with van der Waals surface area (Å²) < 4.78 is 17.5. The van der Waals surface area contributed by atoms with Gasteiger partial charge in [0.15, 0.2) is 11.5 Å². The van der Waals surface area contributed by atoms with Gasteiger partial charge >= 0.3 is 0 Å². The Morgan fingerprint density at radius 3 is 1.81 bits per heavy atom. The summed E-state index contributed by atoms with van der Waals surface area (Å²) in [6.45, 7) is 8.62. The molecule has 0 fully saturated rings. The molecule has 0 aromatic heterocycles. The molecule has 5 nitrogen and oxygen atoms in total. The van der Waals surface area contributed by atoms with Crippen molar-refractivity contribution >= 4 is 6.29 Å². The monoisotopic (exact) mass is 441 g/mol. The molecular formula is C27H39NO4. The molecule has 0 saturated carbocycles. The predicted octanol–water partition coefficient (Wildman–Crippen LogP) is 6.11. The lowest BCUT2D eigenvalue weighted by Crippen LogP contribution is -2.30. The van der Waals surface area contributed by atoms with Crippen molar-refractivity contribution in [3.8, 4) is 17.2 Å². The van der Waals surface area contributed by atoms with Gasteiger partial charge in [0.1, 0.15) is 6.29 Å². The van der Waals surface area contributed by atoms with Crippen molar-refractivity contribution in [1.29, 1.82) is 0 Å². The molecule has 0 amide bonds. The fourth-order valence-corrected chi connectivity index (χ4v) is 4.97. The van der Waals surface area contributed by atoms with Crippen LogP contribution in [0.3, 0.4) is 0 Å². The van der Waals surface area contributed by atoms with Crippen LogP contribution < -0.4 is 14.2 Å². The number of rotatable bonds is 12. The van der Waals surface area contributed by atoms with E-state index in [0.29, 0.717) is 23.7 Å². The molecule has 0 aliphatic heterocycles. The van der Waals surface area contributed by atoms with E-state index in [1.807, 2.05) is 6.07 Å². The van der Waals surface area contributed by atoms with Crippen molar-refractivity contribution in [1.82, 2.24) is 4.90 Å². The summed E-state index contributed by atoms with van der Waals surface area (Å²) in [6.07, 6.45) is 3.09. The van der Waals surface area contributed by atoms with E-state index in [9.17, 15) is 4.79 Å². The van der Waals surface area contributed by atoms with Gasteiger partial charge in [0.25, 0.3) is 0 Å². The lowest BCUT2D eigenvalue weighted by molar-refractivity contribution is -0.107. The lowest BCUT2D eigenvalue weighted by atomic mass is 9.84.